The third-order valence-electron chi connectivity index (χ3n) is 11.7. The van der Waals surface area contributed by atoms with Crippen molar-refractivity contribution in [2.45, 2.75) is 95.0 Å². The Kier molecular flexibility index (Phi) is 11.9. The molecule has 0 radical (unpaired) electrons. The van der Waals surface area contributed by atoms with Crippen molar-refractivity contribution < 1.29 is 42.4 Å². The highest BCUT2D eigenvalue weighted by molar-refractivity contribution is 7.59. The van der Waals surface area contributed by atoms with Gasteiger partial charge in [0.1, 0.15) is 46.9 Å². The number of carbonyl (C=O) groups is 3. The Balaban J connectivity index is 1.23. The van der Waals surface area contributed by atoms with Gasteiger partial charge in [-0.15, -0.1) is 6.58 Å². The van der Waals surface area contributed by atoms with Gasteiger partial charge in [-0.25, -0.2) is 14.2 Å². The number of nitrogens with one attached hydrogen (secondary N) is 2. The van der Waals surface area contributed by atoms with Crippen LogP contribution in [0.3, 0.4) is 0 Å². The van der Waals surface area contributed by atoms with E-state index in [2.05, 4.69) is 17.2 Å². The van der Waals surface area contributed by atoms with Gasteiger partial charge in [0.25, 0.3) is 0 Å². The Bertz CT molecular complexity index is 2280. The zero-order valence-electron chi connectivity index (χ0n) is 33.9. The van der Waals surface area contributed by atoms with E-state index < -0.39 is 65.9 Å². The van der Waals surface area contributed by atoms with Crippen molar-refractivity contribution in [2.75, 3.05) is 13.7 Å². The molecule has 3 amide bonds. The molecule has 0 spiro atoms. The minimum atomic E-state index is -4.10. The second-order valence-corrected chi connectivity index (χ2v) is 19.4. The maximum Gasteiger partial charge on any atom is 0.408 e. The number of hydrogen-bond acceptors (Lipinski definition) is 8. The van der Waals surface area contributed by atoms with E-state index in [4.69, 9.17) is 19.2 Å². The topological polar surface area (TPSA) is 156 Å². The first-order valence-corrected chi connectivity index (χ1v) is 22.0. The lowest BCUT2D eigenvalue weighted by Crippen LogP contribution is -2.58. The SMILES string of the molecule is C=C[C@@H]1C[C@]1(NC(=O)[C@@H]1C[C@@H](Oc2cc(-c3ccccc3F)nc3cc(OC)ccc23)CN1C(=O)C(NC(=O)OC1CCCC1)C(C)(C)C)P(=O)(O)Cc1ccccc1. The van der Waals surface area contributed by atoms with Crippen molar-refractivity contribution in [3.8, 4) is 22.8 Å². The molecule has 12 nitrogen and oxygen atoms in total. The van der Waals surface area contributed by atoms with Crippen molar-refractivity contribution in [3.05, 3.63) is 103 Å². The van der Waals surface area contributed by atoms with E-state index in [1.165, 1.54) is 18.1 Å². The number of fused-ring (bicyclic) bond motifs is 1. The number of benzene rings is 3. The molecule has 4 aromatic rings. The number of likely N-dealkylation sites (tertiary alicyclic amines) is 1. The molecule has 2 aliphatic carbocycles. The average Bonchev–Trinajstić information content (AvgIpc) is 3.45. The van der Waals surface area contributed by atoms with Gasteiger partial charge < -0.3 is 34.6 Å². The molecule has 59 heavy (non-hydrogen) atoms. The summed E-state index contributed by atoms with van der Waals surface area (Å²) in [6.07, 6.45) is 3.27. The summed E-state index contributed by atoms with van der Waals surface area (Å²) >= 11 is 0. The molecule has 1 aliphatic heterocycles. The number of halogens is 1. The molecule has 3 aromatic carbocycles. The quantitative estimate of drug-likeness (QED) is 0.0899. The van der Waals surface area contributed by atoms with Crippen molar-refractivity contribution in [1.82, 2.24) is 20.5 Å². The third kappa shape index (κ3) is 8.87. The van der Waals surface area contributed by atoms with Crippen LogP contribution in [0.25, 0.3) is 22.2 Å². The van der Waals surface area contributed by atoms with E-state index in [-0.39, 0.29) is 37.2 Å². The fourth-order valence-electron chi connectivity index (χ4n) is 8.34. The molecule has 3 aliphatic rings. The number of carbonyl (C=O) groups excluding carboxylic acids is 3. The molecule has 2 saturated carbocycles. The number of aromatic nitrogens is 1. The molecule has 3 fully saturated rings. The number of rotatable bonds is 13. The third-order valence-corrected chi connectivity index (χ3v) is 14.4. The van der Waals surface area contributed by atoms with Gasteiger partial charge in [-0.2, -0.15) is 0 Å². The molecule has 0 bridgehead atoms. The number of ether oxygens (including phenoxy) is 3. The normalized spacial score (nSPS) is 23.2. The molecule has 2 heterocycles. The smallest absolute Gasteiger partial charge is 0.408 e. The maximum absolute atomic E-state index is 15.1. The first kappa shape index (κ1) is 41.9. The van der Waals surface area contributed by atoms with Crippen LogP contribution in [0.4, 0.5) is 9.18 Å². The predicted molar refractivity (Wildman–Crippen MR) is 222 cm³/mol. The zero-order valence-corrected chi connectivity index (χ0v) is 34.8. The van der Waals surface area contributed by atoms with Crippen LogP contribution >= 0.6 is 7.37 Å². The van der Waals surface area contributed by atoms with Gasteiger partial charge in [-0.1, -0.05) is 69.3 Å². The maximum atomic E-state index is 15.1. The van der Waals surface area contributed by atoms with E-state index in [9.17, 15) is 23.8 Å². The molecular formula is C45H52FN4O8P. The van der Waals surface area contributed by atoms with Crippen molar-refractivity contribution >= 4 is 36.2 Å². The van der Waals surface area contributed by atoms with Crippen LogP contribution in [0.1, 0.15) is 64.9 Å². The molecule has 14 heteroatoms. The standard InChI is InChI=1S/C45H52FN4O8P/c1-6-29-25-45(29,59(54,55)27-28-14-8-7-9-15-28)49-41(51)38-23-32(26-50(38)42(52)40(44(2,3)4)48-43(53)58-30-16-10-11-17-30)57-39-24-37(33-18-12-13-19-35(33)46)47-36-22-31(56-5)20-21-34(36)39/h6-9,12-15,18-22,24,29-30,32,38,40H,1,10-11,16-17,23,25-27H2,2-5H3,(H,48,53)(H,49,51)(H,54,55)/t29-,32-,38+,40?,45+/m1/s1. The van der Waals surface area contributed by atoms with E-state index in [1.54, 1.807) is 72.8 Å². The lowest BCUT2D eigenvalue weighted by atomic mass is 9.85. The summed E-state index contributed by atoms with van der Waals surface area (Å²) in [6.45, 7) is 9.23. The van der Waals surface area contributed by atoms with Crippen LogP contribution in [0.5, 0.6) is 11.5 Å². The summed E-state index contributed by atoms with van der Waals surface area (Å²) in [7, 11) is -2.57. The number of pyridine rings is 1. The lowest BCUT2D eigenvalue weighted by Gasteiger charge is -2.36. The fraction of sp³-hybridized carbons (Fsp3) is 0.422. The molecule has 2 unspecified atom stereocenters. The predicted octanol–water partition coefficient (Wildman–Crippen LogP) is 7.97. The van der Waals surface area contributed by atoms with E-state index >= 15 is 4.39 Å². The number of nitrogens with zero attached hydrogens (tertiary/aromatic N) is 2. The minimum Gasteiger partial charge on any atom is -0.497 e. The van der Waals surface area contributed by atoms with Gasteiger partial charge in [-0.3, -0.25) is 14.2 Å². The number of methoxy groups -OCH3 is 1. The summed E-state index contributed by atoms with van der Waals surface area (Å²) in [5.41, 5.74) is 0.861. The van der Waals surface area contributed by atoms with E-state index in [1.807, 2.05) is 26.8 Å². The van der Waals surface area contributed by atoms with Gasteiger partial charge in [0, 0.05) is 35.4 Å². The van der Waals surface area contributed by atoms with Crippen LogP contribution in [0.2, 0.25) is 0 Å². The summed E-state index contributed by atoms with van der Waals surface area (Å²) in [6, 6.07) is 19.8. The Hall–Kier alpha value is -5.26. The Morgan fingerprint density at radius 3 is 2.42 bits per heavy atom. The fourth-order valence-corrected chi connectivity index (χ4v) is 10.7. The highest BCUT2D eigenvalue weighted by atomic mass is 31.2. The summed E-state index contributed by atoms with van der Waals surface area (Å²) in [5.74, 6) is -1.25. The molecule has 7 rings (SSSR count). The van der Waals surface area contributed by atoms with Crippen molar-refractivity contribution in [3.63, 3.8) is 0 Å². The van der Waals surface area contributed by atoms with Crippen molar-refractivity contribution in [2.24, 2.45) is 11.3 Å². The van der Waals surface area contributed by atoms with Crippen LogP contribution in [0.15, 0.2) is 91.5 Å². The second kappa shape index (κ2) is 16.8. The Morgan fingerprint density at radius 1 is 1.05 bits per heavy atom. The average molecular weight is 827 g/mol. The molecule has 312 valence electrons. The molecule has 1 saturated heterocycles. The van der Waals surface area contributed by atoms with Gasteiger partial charge in [0.2, 0.25) is 19.2 Å². The molecule has 6 atom stereocenters. The molecular weight excluding hydrogens is 774 g/mol. The first-order valence-electron chi connectivity index (χ1n) is 20.1. The van der Waals surface area contributed by atoms with Crippen LogP contribution in [-0.4, -0.2) is 75.9 Å². The lowest BCUT2D eigenvalue weighted by molar-refractivity contribution is -0.142. The highest BCUT2D eigenvalue weighted by Crippen LogP contribution is 2.70. The van der Waals surface area contributed by atoms with Crippen LogP contribution in [-0.2, 0) is 25.1 Å². The van der Waals surface area contributed by atoms with Gasteiger partial charge in [-0.05, 0) is 67.3 Å². The van der Waals surface area contributed by atoms with Crippen LogP contribution < -0.4 is 20.1 Å². The first-order chi connectivity index (χ1) is 28.1. The summed E-state index contributed by atoms with van der Waals surface area (Å²) < 4.78 is 47.2. The van der Waals surface area contributed by atoms with E-state index in [0.29, 0.717) is 33.7 Å². The summed E-state index contributed by atoms with van der Waals surface area (Å²) in [4.78, 5) is 60.5. The molecule has 1 aromatic heterocycles. The number of alkyl carbamates (subject to hydrolysis) is 1. The number of amides is 3. The molecule has 3 N–H and O–H groups in total. The Labute approximate surface area is 344 Å². The zero-order chi connectivity index (χ0) is 42.1. The van der Waals surface area contributed by atoms with Crippen molar-refractivity contribution in [1.29, 1.82) is 0 Å². The number of hydrogen-bond donors (Lipinski definition) is 3. The Morgan fingerprint density at radius 2 is 1.76 bits per heavy atom. The largest absolute Gasteiger partial charge is 0.497 e. The second-order valence-electron chi connectivity index (χ2n) is 16.9. The van der Waals surface area contributed by atoms with Crippen LogP contribution in [0, 0.1) is 17.2 Å². The minimum absolute atomic E-state index is 0.000783. The van der Waals surface area contributed by atoms with Gasteiger partial charge >= 0.3 is 6.09 Å². The highest BCUT2D eigenvalue weighted by Gasteiger charge is 2.65. The van der Waals surface area contributed by atoms with Gasteiger partial charge in [0.05, 0.1) is 31.0 Å². The van der Waals surface area contributed by atoms with E-state index in [0.717, 1.165) is 25.7 Å². The monoisotopic (exact) mass is 826 g/mol. The van der Waals surface area contributed by atoms with Gasteiger partial charge in [0.15, 0.2) is 0 Å². The summed E-state index contributed by atoms with van der Waals surface area (Å²) in [5, 5.41) is 4.84.